The molecule has 0 heterocycles. The van der Waals surface area contributed by atoms with Crippen molar-refractivity contribution >= 4 is 17.6 Å². The highest BCUT2D eigenvalue weighted by Gasteiger charge is 2.24. The van der Waals surface area contributed by atoms with E-state index in [9.17, 15) is 19.7 Å². The molecule has 7 nitrogen and oxygen atoms in total. The average Bonchev–Trinajstić information content (AvgIpc) is 2.64. The van der Waals surface area contributed by atoms with Crippen LogP contribution >= 0.6 is 0 Å². The third-order valence-corrected chi connectivity index (χ3v) is 3.93. The van der Waals surface area contributed by atoms with Gasteiger partial charge in [-0.3, -0.25) is 14.9 Å². The molecule has 0 fully saturated rings. The molecule has 0 aliphatic carbocycles. The van der Waals surface area contributed by atoms with E-state index in [1.165, 1.54) is 12.1 Å². The van der Waals surface area contributed by atoms with Gasteiger partial charge >= 0.3 is 5.97 Å². The Morgan fingerprint density at radius 3 is 2.42 bits per heavy atom. The molecule has 2 aromatic carbocycles. The summed E-state index contributed by atoms with van der Waals surface area (Å²) in [6.07, 6.45) is 0. The second-order valence-electron chi connectivity index (χ2n) is 5.70. The predicted molar refractivity (Wildman–Crippen MR) is 95.6 cm³/mol. The highest BCUT2D eigenvalue weighted by atomic mass is 16.6. The van der Waals surface area contributed by atoms with Gasteiger partial charge in [0.2, 0.25) is 0 Å². The zero-order chi connectivity index (χ0) is 19.1. The van der Waals surface area contributed by atoms with E-state index < -0.39 is 17.5 Å². The second-order valence-corrected chi connectivity index (χ2v) is 5.70. The van der Waals surface area contributed by atoms with Crippen LogP contribution in [0.5, 0.6) is 0 Å². The van der Waals surface area contributed by atoms with Crippen LogP contribution in [0.2, 0.25) is 0 Å². The number of rotatable bonds is 7. The lowest BCUT2D eigenvalue weighted by atomic mass is 10.1. The van der Waals surface area contributed by atoms with Gasteiger partial charge in [-0.2, -0.15) is 0 Å². The highest BCUT2D eigenvalue weighted by Crippen LogP contribution is 2.22. The summed E-state index contributed by atoms with van der Waals surface area (Å²) in [6.45, 7) is 3.80. The number of ether oxygens (including phenoxy) is 1. The molecule has 2 aromatic rings. The Hall–Kier alpha value is -3.22. The normalized spacial score (nSPS) is 10.2. The Balaban J connectivity index is 2.04. The quantitative estimate of drug-likeness (QED) is 0.432. The number of hydrogen-bond donors (Lipinski definition) is 0. The Bertz CT molecular complexity index is 805. The summed E-state index contributed by atoms with van der Waals surface area (Å²) < 4.78 is 5.05. The van der Waals surface area contributed by atoms with E-state index in [1.807, 2.05) is 37.3 Å². The van der Waals surface area contributed by atoms with Crippen molar-refractivity contribution in [3.63, 3.8) is 0 Å². The summed E-state index contributed by atoms with van der Waals surface area (Å²) >= 11 is 0. The van der Waals surface area contributed by atoms with E-state index in [2.05, 4.69) is 0 Å². The first-order valence-corrected chi connectivity index (χ1v) is 8.16. The number of nitro benzene ring substituents is 1. The Kier molecular flexibility index (Phi) is 6.43. The van der Waals surface area contributed by atoms with Crippen molar-refractivity contribution in [3.05, 3.63) is 75.3 Å². The smallest absolute Gasteiger partial charge is 0.345 e. The first-order chi connectivity index (χ1) is 12.4. The van der Waals surface area contributed by atoms with E-state index in [1.54, 1.807) is 17.9 Å². The number of aryl methyl sites for hydroxylation is 1. The number of nitrogens with zero attached hydrogens (tertiary/aromatic N) is 2. The fraction of sp³-hybridized carbons (Fsp3) is 0.263. The summed E-state index contributed by atoms with van der Waals surface area (Å²) in [6, 6.07) is 13.8. The second kappa shape index (κ2) is 8.75. The minimum Gasteiger partial charge on any atom is -0.452 e. The fourth-order valence-electron chi connectivity index (χ4n) is 2.54. The Morgan fingerprint density at radius 1 is 1.12 bits per heavy atom. The SMILES string of the molecule is CCN(Cc1ccccc1)C(=O)COC(=O)c1c(C)cccc1[N+](=O)[O-]. The van der Waals surface area contributed by atoms with Crippen LogP contribution in [-0.2, 0) is 16.1 Å². The molecule has 0 radical (unpaired) electrons. The van der Waals surface area contributed by atoms with Crippen LogP contribution in [0.4, 0.5) is 5.69 Å². The number of hydrogen-bond acceptors (Lipinski definition) is 5. The molecule has 0 bridgehead atoms. The molecule has 0 spiro atoms. The third kappa shape index (κ3) is 4.66. The number of likely N-dealkylation sites (N-methyl/N-ethyl adjacent to an activating group) is 1. The number of esters is 1. The Labute approximate surface area is 151 Å². The summed E-state index contributed by atoms with van der Waals surface area (Å²) in [5, 5.41) is 11.1. The lowest BCUT2D eigenvalue weighted by Crippen LogP contribution is -2.34. The van der Waals surface area contributed by atoms with Crippen molar-refractivity contribution in [1.82, 2.24) is 4.90 Å². The lowest BCUT2D eigenvalue weighted by Gasteiger charge is -2.21. The van der Waals surface area contributed by atoms with Crippen LogP contribution in [0.15, 0.2) is 48.5 Å². The largest absolute Gasteiger partial charge is 0.452 e. The molecule has 0 unspecified atom stereocenters. The number of benzene rings is 2. The van der Waals surface area contributed by atoms with Crippen LogP contribution < -0.4 is 0 Å². The molecule has 136 valence electrons. The van der Waals surface area contributed by atoms with Crippen molar-refractivity contribution in [1.29, 1.82) is 0 Å². The van der Waals surface area contributed by atoms with Gasteiger partial charge < -0.3 is 9.64 Å². The van der Waals surface area contributed by atoms with Gasteiger partial charge in [-0.25, -0.2) is 4.79 Å². The molecular formula is C19H20N2O5. The van der Waals surface area contributed by atoms with Gasteiger partial charge in [0.05, 0.1) is 4.92 Å². The molecule has 0 aromatic heterocycles. The lowest BCUT2D eigenvalue weighted by molar-refractivity contribution is -0.385. The molecule has 0 aliphatic heterocycles. The summed E-state index contributed by atoms with van der Waals surface area (Å²) in [5.41, 5.74) is 0.923. The van der Waals surface area contributed by atoms with Gasteiger partial charge in [0, 0.05) is 19.2 Å². The van der Waals surface area contributed by atoms with Gasteiger partial charge in [0.1, 0.15) is 5.56 Å². The molecule has 2 rings (SSSR count). The molecular weight excluding hydrogens is 336 g/mol. The molecule has 0 N–H and O–H groups in total. The molecule has 0 saturated carbocycles. The predicted octanol–water partition coefficient (Wildman–Crippen LogP) is 3.11. The highest BCUT2D eigenvalue weighted by molar-refractivity contribution is 5.96. The zero-order valence-corrected chi connectivity index (χ0v) is 14.7. The molecule has 0 saturated heterocycles. The van der Waals surface area contributed by atoms with Crippen LogP contribution in [0.25, 0.3) is 0 Å². The van der Waals surface area contributed by atoms with Gasteiger partial charge in [-0.1, -0.05) is 42.5 Å². The fourth-order valence-corrected chi connectivity index (χ4v) is 2.54. The van der Waals surface area contributed by atoms with E-state index in [4.69, 9.17) is 4.74 Å². The maximum atomic E-state index is 12.3. The summed E-state index contributed by atoms with van der Waals surface area (Å²) in [5.74, 6) is -1.24. The monoisotopic (exact) mass is 356 g/mol. The Morgan fingerprint density at radius 2 is 1.81 bits per heavy atom. The third-order valence-electron chi connectivity index (χ3n) is 3.93. The molecule has 0 atom stereocenters. The zero-order valence-electron chi connectivity index (χ0n) is 14.7. The maximum absolute atomic E-state index is 12.3. The average molecular weight is 356 g/mol. The molecule has 1 amide bonds. The van der Waals surface area contributed by atoms with E-state index in [0.717, 1.165) is 5.56 Å². The van der Waals surface area contributed by atoms with Crippen LogP contribution in [0, 0.1) is 17.0 Å². The van der Waals surface area contributed by atoms with E-state index >= 15 is 0 Å². The summed E-state index contributed by atoms with van der Waals surface area (Å²) in [7, 11) is 0. The van der Waals surface area contributed by atoms with Crippen molar-refractivity contribution in [2.24, 2.45) is 0 Å². The summed E-state index contributed by atoms with van der Waals surface area (Å²) in [4.78, 5) is 36.6. The van der Waals surface area contributed by atoms with E-state index in [0.29, 0.717) is 18.7 Å². The first kappa shape index (κ1) is 19.1. The number of amides is 1. The minimum absolute atomic E-state index is 0.128. The van der Waals surface area contributed by atoms with E-state index in [-0.39, 0.29) is 17.2 Å². The van der Waals surface area contributed by atoms with Crippen molar-refractivity contribution in [3.8, 4) is 0 Å². The van der Waals surface area contributed by atoms with Crippen molar-refractivity contribution in [2.75, 3.05) is 13.2 Å². The number of nitro groups is 1. The standard InChI is InChI=1S/C19H20N2O5/c1-3-20(12-15-9-5-4-6-10-15)17(22)13-26-19(23)18-14(2)8-7-11-16(18)21(24)25/h4-11H,3,12-13H2,1-2H3. The van der Waals surface area contributed by atoms with Crippen LogP contribution in [-0.4, -0.2) is 34.9 Å². The maximum Gasteiger partial charge on any atom is 0.345 e. The number of carbonyl (C=O) groups is 2. The van der Waals surface area contributed by atoms with Gasteiger partial charge in [0.15, 0.2) is 6.61 Å². The van der Waals surface area contributed by atoms with Crippen LogP contribution in [0.3, 0.4) is 0 Å². The molecule has 7 heteroatoms. The minimum atomic E-state index is -0.876. The van der Waals surface area contributed by atoms with Gasteiger partial charge in [0.25, 0.3) is 11.6 Å². The van der Waals surface area contributed by atoms with Gasteiger partial charge in [-0.15, -0.1) is 0 Å². The number of carbonyl (C=O) groups excluding carboxylic acids is 2. The van der Waals surface area contributed by atoms with Gasteiger partial charge in [-0.05, 0) is 25.0 Å². The topological polar surface area (TPSA) is 89.8 Å². The van der Waals surface area contributed by atoms with Crippen molar-refractivity contribution in [2.45, 2.75) is 20.4 Å². The molecule has 26 heavy (non-hydrogen) atoms. The molecule has 0 aliphatic rings. The van der Waals surface area contributed by atoms with Crippen LogP contribution in [0.1, 0.15) is 28.4 Å². The van der Waals surface area contributed by atoms with Crippen molar-refractivity contribution < 1.29 is 19.2 Å². The first-order valence-electron chi connectivity index (χ1n) is 8.16.